The van der Waals surface area contributed by atoms with Crippen LogP contribution in [0.5, 0.6) is 5.75 Å². The molecule has 0 heterocycles. The highest BCUT2D eigenvalue weighted by Crippen LogP contribution is 2.29. The van der Waals surface area contributed by atoms with Crippen LogP contribution in [-0.2, 0) is 6.42 Å². The van der Waals surface area contributed by atoms with Gasteiger partial charge in [0.25, 0.3) is 0 Å². The molecule has 1 N–H and O–H groups in total. The minimum Gasteiger partial charge on any atom is -0.496 e. The van der Waals surface area contributed by atoms with E-state index in [1.807, 2.05) is 0 Å². The number of hydrogen-bond donors (Lipinski definition) is 1. The van der Waals surface area contributed by atoms with Gasteiger partial charge in [0.2, 0.25) is 0 Å². The van der Waals surface area contributed by atoms with Crippen molar-refractivity contribution in [2.45, 2.75) is 12.6 Å². The summed E-state index contributed by atoms with van der Waals surface area (Å²) in [4.78, 5) is 0. The molecule has 1 aromatic rings. The van der Waals surface area contributed by atoms with Crippen molar-refractivity contribution in [2.24, 2.45) is 0 Å². The molecule has 5 heteroatoms. The molecular formula is C10H12F3NO. The average molecular weight is 219 g/mol. The van der Waals surface area contributed by atoms with Crippen LogP contribution in [-0.4, -0.2) is 20.3 Å². The lowest BCUT2D eigenvalue weighted by molar-refractivity contribution is -0.127. The highest BCUT2D eigenvalue weighted by atomic mass is 19.4. The number of methoxy groups -OCH3 is 1. The predicted octanol–water partition coefficient (Wildman–Crippen LogP) is 2.84. The summed E-state index contributed by atoms with van der Waals surface area (Å²) in [5, 5.41) is 2.78. The van der Waals surface area contributed by atoms with Crippen molar-refractivity contribution in [3.05, 3.63) is 23.8 Å². The molecule has 0 fully saturated rings. The smallest absolute Gasteiger partial charge is 0.393 e. The third kappa shape index (κ3) is 3.34. The first-order valence-electron chi connectivity index (χ1n) is 4.37. The maximum Gasteiger partial charge on any atom is 0.393 e. The summed E-state index contributed by atoms with van der Waals surface area (Å²) < 4.78 is 41.5. The summed E-state index contributed by atoms with van der Waals surface area (Å²) >= 11 is 0. The number of anilines is 1. The Morgan fingerprint density at radius 2 is 2.00 bits per heavy atom. The number of hydrogen-bond acceptors (Lipinski definition) is 2. The van der Waals surface area contributed by atoms with Crippen LogP contribution in [0.1, 0.15) is 5.56 Å². The van der Waals surface area contributed by atoms with Gasteiger partial charge in [-0.15, -0.1) is 0 Å². The summed E-state index contributed by atoms with van der Waals surface area (Å²) in [7, 11) is 3.01. The second-order valence-electron chi connectivity index (χ2n) is 3.07. The van der Waals surface area contributed by atoms with Gasteiger partial charge in [-0.1, -0.05) is 0 Å². The van der Waals surface area contributed by atoms with E-state index in [0.717, 1.165) is 0 Å². The molecule has 0 unspecified atom stereocenters. The molecule has 2 nitrogen and oxygen atoms in total. The molecule has 15 heavy (non-hydrogen) atoms. The van der Waals surface area contributed by atoms with Gasteiger partial charge in [0, 0.05) is 18.3 Å². The second-order valence-corrected chi connectivity index (χ2v) is 3.07. The van der Waals surface area contributed by atoms with Gasteiger partial charge in [0.15, 0.2) is 0 Å². The zero-order valence-electron chi connectivity index (χ0n) is 8.48. The topological polar surface area (TPSA) is 21.3 Å². The molecule has 0 aliphatic heterocycles. The highest BCUT2D eigenvalue weighted by molar-refractivity contribution is 5.51. The molecule has 0 aliphatic rings. The maximum absolute atomic E-state index is 12.2. The van der Waals surface area contributed by atoms with Crippen LogP contribution in [0.15, 0.2) is 18.2 Å². The van der Waals surface area contributed by atoms with Crippen LogP contribution >= 0.6 is 0 Å². The van der Waals surface area contributed by atoms with E-state index in [4.69, 9.17) is 4.74 Å². The number of benzene rings is 1. The molecule has 0 amide bonds. The van der Waals surface area contributed by atoms with Crippen molar-refractivity contribution in [2.75, 3.05) is 19.5 Å². The lowest BCUT2D eigenvalue weighted by Gasteiger charge is -2.12. The quantitative estimate of drug-likeness (QED) is 0.844. The molecule has 1 rings (SSSR count). The Morgan fingerprint density at radius 1 is 1.33 bits per heavy atom. The summed E-state index contributed by atoms with van der Waals surface area (Å²) in [5.74, 6) is 0.256. The van der Waals surface area contributed by atoms with Crippen LogP contribution < -0.4 is 10.1 Å². The Balaban J connectivity index is 3.01. The first-order chi connectivity index (χ1) is 6.96. The van der Waals surface area contributed by atoms with Gasteiger partial charge in [-0.05, 0) is 18.2 Å². The Hall–Kier alpha value is -1.39. The van der Waals surface area contributed by atoms with Crippen molar-refractivity contribution in [3.8, 4) is 5.75 Å². The zero-order chi connectivity index (χ0) is 11.5. The average Bonchev–Trinajstić information content (AvgIpc) is 2.15. The van der Waals surface area contributed by atoms with E-state index in [9.17, 15) is 13.2 Å². The van der Waals surface area contributed by atoms with Crippen LogP contribution in [0.25, 0.3) is 0 Å². The van der Waals surface area contributed by atoms with Gasteiger partial charge in [-0.25, -0.2) is 0 Å². The summed E-state index contributed by atoms with van der Waals surface area (Å²) in [5.41, 5.74) is 0.770. The zero-order valence-corrected chi connectivity index (χ0v) is 8.48. The first kappa shape index (κ1) is 11.7. The van der Waals surface area contributed by atoms with Gasteiger partial charge in [0.05, 0.1) is 13.5 Å². The first-order valence-corrected chi connectivity index (χ1v) is 4.37. The Morgan fingerprint density at radius 3 is 2.47 bits per heavy atom. The molecule has 0 aliphatic carbocycles. The van der Waals surface area contributed by atoms with Gasteiger partial charge in [-0.3, -0.25) is 0 Å². The fraction of sp³-hybridized carbons (Fsp3) is 0.400. The van der Waals surface area contributed by atoms with E-state index in [2.05, 4.69) is 5.32 Å². The standard InChI is InChI=1S/C10H12F3NO/c1-14-8-3-4-9(15-2)7(5-8)6-10(11,12)13/h3-5,14H,6H2,1-2H3. The second kappa shape index (κ2) is 4.42. The van der Waals surface area contributed by atoms with Crippen LogP contribution in [0.3, 0.4) is 0 Å². The summed E-state index contributed by atoms with van der Waals surface area (Å²) in [6.07, 6.45) is -5.20. The highest BCUT2D eigenvalue weighted by Gasteiger charge is 2.29. The number of rotatable bonds is 3. The molecule has 84 valence electrons. The Kier molecular flexibility index (Phi) is 3.44. The van der Waals surface area contributed by atoms with Gasteiger partial charge < -0.3 is 10.1 Å². The Bertz CT molecular complexity index is 336. The summed E-state index contributed by atoms with van der Waals surface area (Å²) in [6.45, 7) is 0. The van der Waals surface area contributed by atoms with Crippen LogP contribution in [0, 0.1) is 0 Å². The molecule has 0 bridgehead atoms. The van der Waals surface area contributed by atoms with Crippen molar-refractivity contribution in [1.82, 2.24) is 0 Å². The van der Waals surface area contributed by atoms with E-state index in [-0.39, 0.29) is 11.3 Å². The van der Waals surface area contributed by atoms with Gasteiger partial charge >= 0.3 is 6.18 Å². The lowest BCUT2D eigenvalue weighted by atomic mass is 10.1. The molecule has 0 saturated heterocycles. The number of nitrogens with one attached hydrogen (secondary N) is 1. The van der Waals surface area contributed by atoms with E-state index >= 15 is 0 Å². The number of halogens is 3. The Labute approximate surface area is 86.1 Å². The maximum atomic E-state index is 12.2. The molecule has 0 aromatic heterocycles. The third-order valence-electron chi connectivity index (χ3n) is 1.96. The van der Waals surface area contributed by atoms with Gasteiger partial charge in [0.1, 0.15) is 5.75 Å². The van der Waals surface area contributed by atoms with Gasteiger partial charge in [-0.2, -0.15) is 13.2 Å². The van der Waals surface area contributed by atoms with Crippen LogP contribution in [0.4, 0.5) is 18.9 Å². The molecule has 1 aromatic carbocycles. The fourth-order valence-corrected chi connectivity index (χ4v) is 1.29. The van der Waals surface area contributed by atoms with E-state index in [1.165, 1.54) is 19.2 Å². The monoisotopic (exact) mass is 219 g/mol. The predicted molar refractivity (Wildman–Crippen MR) is 52.3 cm³/mol. The largest absolute Gasteiger partial charge is 0.496 e. The number of ether oxygens (including phenoxy) is 1. The fourth-order valence-electron chi connectivity index (χ4n) is 1.29. The molecular weight excluding hydrogens is 207 g/mol. The van der Waals surface area contributed by atoms with E-state index in [0.29, 0.717) is 5.69 Å². The van der Waals surface area contributed by atoms with Crippen molar-refractivity contribution >= 4 is 5.69 Å². The normalized spacial score (nSPS) is 11.3. The minimum atomic E-state index is -4.22. The third-order valence-corrected chi connectivity index (χ3v) is 1.96. The summed E-state index contributed by atoms with van der Waals surface area (Å²) in [6, 6.07) is 4.62. The minimum absolute atomic E-state index is 0.136. The molecule has 0 atom stereocenters. The van der Waals surface area contributed by atoms with Crippen molar-refractivity contribution in [3.63, 3.8) is 0 Å². The van der Waals surface area contributed by atoms with Crippen molar-refractivity contribution < 1.29 is 17.9 Å². The SMILES string of the molecule is CNc1ccc(OC)c(CC(F)(F)F)c1. The number of alkyl halides is 3. The van der Waals surface area contributed by atoms with E-state index in [1.54, 1.807) is 13.1 Å². The molecule has 0 spiro atoms. The van der Waals surface area contributed by atoms with E-state index < -0.39 is 12.6 Å². The van der Waals surface area contributed by atoms with Crippen LogP contribution in [0.2, 0.25) is 0 Å². The van der Waals surface area contributed by atoms with Crippen molar-refractivity contribution in [1.29, 1.82) is 0 Å². The molecule has 0 saturated carbocycles. The molecule has 0 radical (unpaired) electrons. The lowest BCUT2D eigenvalue weighted by Crippen LogP contribution is -2.12.